The molecule has 0 aliphatic heterocycles. The summed E-state index contributed by atoms with van der Waals surface area (Å²) < 4.78 is 0. The molecular formula is C19H29ClO2. The minimum atomic E-state index is -0.243. The second-order valence-electron chi connectivity index (χ2n) is 9.11. The molecule has 0 heterocycles. The Balaban J connectivity index is 1.64. The number of rotatable bonds is 0. The van der Waals surface area contributed by atoms with Gasteiger partial charge in [-0.05, 0) is 80.5 Å². The predicted octanol–water partition coefficient (Wildman–Crippen LogP) is 4.18. The number of ketones is 1. The maximum atomic E-state index is 12.6. The molecule has 0 bridgehead atoms. The molecule has 2 nitrogen and oxygen atoms in total. The van der Waals surface area contributed by atoms with E-state index in [-0.39, 0.29) is 16.9 Å². The molecule has 4 aliphatic carbocycles. The van der Waals surface area contributed by atoms with E-state index in [2.05, 4.69) is 13.8 Å². The predicted molar refractivity (Wildman–Crippen MR) is 87.8 cm³/mol. The topological polar surface area (TPSA) is 37.3 Å². The van der Waals surface area contributed by atoms with Crippen LogP contribution in [0, 0.1) is 34.5 Å². The molecule has 3 heteroatoms. The first kappa shape index (κ1) is 15.4. The van der Waals surface area contributed by atoms with Crippen LogP contribution in [0.1, 0.15) is 65.2 Å². The maximum Gasteiger partial charge on any atom is 0.156 e. The van der Waals surface area contributed by atoms with Gasteiger partial charge in [0.2, 0.25) is 0 Å². The van der Waals surface area contributed by atoms with Crippen LogP contribution in [0.25, 0.3) is 0 Å². The molecule has 0 amide bonds. The highest BCUT2D eigenvalue weighted by atomic mass is 35.5. The summed E-state index contributed by atoms with van der Waals surface area (Å²) >= 11 is 6.37. The van der Waals surface area contributed by atoms with Gasteiger partial charge in [-0.3, -0.25) is 4.79 Å². The lowest BCUT2D eigenvalue weighted by atomic mass is 9.45. The van der Waals surface area contributed by atoms with Gasteiger partial charge in [-0.2, -0.15) is 0 Å². The average Bonchev–Trinajstić information content (AvgIpc) is 2.72. The molecule has 124 valence electrons. The van der Waals surface area contributed by atoms with Crippen LogP contribution in [0.4, 0.5) is 0 Å². The van der Waals surface area contributed by atoms with Crippen molar-refractivity contribution in [1.82, 2.24) is 0 Å². The fourth-order valence-corrected chi connectivity index (χ4v) is 7.43. The van der Waals surface area contributed by atoms with Crippen LogP contribution in [0.2, 0.25) is 0 Å². The zero-order valence-corrected chi connectivity index (χ0v) is 14.6. The van der Waals surface area contributed by atoms with Crippen LogP contribution in [-0.2, 0) is 4.79 Å². The number of aliphatic hydroxyl groups is 1. The number of carbonyl (C=O) groups is 1. The number of alkyl halides is 1. The van der Waals surface area contributed by atoms with Gasteiger partial charge in [0.25, 0.3) is 0 Å². The van der Waals surface area contributed by atoms with Gasteiger partial charge in [0.1, 0.15) is 0 Å². The van der Waals surface area contributed by atoms with Crippen molar-refractivity contribution in [3.05, 3.63) is 0 Å². The summed E-state index contributed by atoms with van der Waals surface area (Å²) in [4.78, 5) is 12.6. The Labute approximate surface area is 139 Å². The number of aliphatic hydroxyl groups excluding tert-OH is 1. The van der Waals surface area contributed by atoms with Gasteiger partial charge in [-0.15, -0.1) is 11.6 Å². The highest BCUT2D eigenvalue weighted by molar-refractivity contribution is 6.32. The largest absolute Gasteiger partial charge is 0.393 e. The first-order chi connectivity index (χ1) is 10.4. The molecule has 0 saturated heterocycles. The van der Waals surface area contributed by atoms with E-state index in [1.165, 1.54) is 25.7 Å². The smallest absolute Gasteiger partial charge is 0.156 e. The molecule has 0 unspecified atom stereocenters. The van der Waals surface area contributed by atoms with Gasteiger partial charge in [0.15, 0.2) is 5.78 Å². The molecule has 1 N–H and O–H groups in total. The minimum Gasteiger partial charge on any atom is -0.393 e. The molecule has 0 aromatic carbocycles. The Kier molecular flexibility index (Phi) is 3.48. The van der Waals surface area contributed by atoms with Crippen LogP contribution in [0.5, 0.6) is 0 Å². The summed E-state index contributed by atoms with van der Waals surface area (Å²) in [6.07, 6.45) is 8.67. The zero-order valence-electron chi connectivity index (χ0n) is 13.9. The normalized spacial score (nSPS) is 57.9. The second kappa shape index (κ2) is 4.96. The van der Waals surface area contributed by atoms with E-state index in [4.69, 9.17) is 11.6 Å². The van der Waals surface area contributed by atoms with Crippen LogP contribution in [0.15, 0.2) is 0 Å². The van der Waals surface area contributed by atoms with Crippen LogP contribution >= 0.6 is 11.6 Å². The van der Waals surface area contributed by atoms with Crippen molar-refractivity contribution in [2.45, 2.75) is 76.7 Å². The highest BCUT2D eigenvalue weighted by Crippen LogP contribution is 2.65. The fourth-order valence-electron chi connectivity index (χ4n) is 6.98. The maximum absolute atomic E-state index is 12.6. The van der Waals surface area contributed by atoms with Crippen LogP contribution < -0.4 is 0 Å². The van der Waals surface area contributed by atoms with Crippen molar-refractivity contribution in [3.8, 4) is 0 Å². The summed E-state index contributed by atoms with van der Waals surface area (Å²) in [6, 6.07) is 0. The van der Waals surface area contributed by atoms with Crippen molar-refractivity contribution < 1.29 is 9.90 Å². The molecule has 0 spiro atoms. The average molecular weight is 325 g/mol. The summed E-state index contributed by atoms with van der Waals surface area (Å²) in [7, 11) is 0. The Morgan fingerprint density at radius 1 is 1.05 bits per heavy atom. The van der Waals surface area contributed by atoms with Gasteiger partial charge in [0.05, 0.1) is 11.5 Å². The Bertz CT molecular complexity index is 492. The van der Waals surface area contributed by atoms with Crippen molar-refractivity contribution >= 4 is 17.4 Å². The SMILES string of the molecule is C[C@]12CC[C@H](O)C[C@@H]1CC[C@@H]1[C@@H]2CC[C@]2(C)C(=O)[C@@H](Cl)C[C@@H]12. The molecule has 4 aliphatic rings. The Hall–Kier alpha value is -0.0800. The summed E-state index contributed by atoms with van der Waals surface area (Å²) in [5.74, 6) is 2.94. The molecule has 0 aromatic heterocycles. The Morgan fingerprint density at radius 3 is 2.59 bits per heavy atom. The molecule has 4 saturated carbocycles. The standard InChI is InChI=1S/C19H29ClO2/c1-18-7-5-12(21)9-11(18)3-4-13-14(18)6-8-19(2)15(13)10-16(20)17(19)22/h11-16,21H,3-10H2,1-2H3/t11-,12-,13+,14-,15-,16-,18-,19-/m0/s1. The third-order valence-electron chi connectivity index (χ3n) is 8.34. The van der Waals surface area contributed by atoms with E-state index in [1.807, 2.05) is 0 Å². The molecule has 4 rings (SSSR count). The van der Waals surface area contributed by atoms with Gasteiger partial charge >= 0.3 is 0 Å². The van der Waals surface area contributed by atoms with Crippen molar-refractivity contribution in [3.63, 3.8) is 0 Å². The van der Waals surface area contributed by atoms with Gasteiger partial charge < -0.3 is 5.11 Å². The quantitative estimate of drug-likeness (QED) is 0.679. The summed E-state index contributed by atoms with van der Waals surface area (Å²) in [5, 5.41) is 9.81. The van der Waals surface area contributed by atoms with E-state index in [0.29, 0.717) is 29.0 Å². The van der Waals surface area contributed by atoms with E-state index in [9.17, 15) is 9.90 Å². The van der Waals surface area contributed by atoms with E-state index >= 15 is 0 Å². The van der Waals surface area contributed by atoms with Gasteiger partial charge in [-0.25, -0.2) is 0 Å². The first-order valence-corrected chi connectivity index (χ1v) is 9.66. The minimum absolute atomic E-state index is 0.0799. The lowest BCUT2D eigenvalue weighted by molar-refractivity contribution is -0.142. The summed E-state index contributed by atoms with van der Waals surface area (Å²) in [6.45, 7) is 4.68. The second-order valence-corrected chi connectivity index (χ2v) is 9.64. The number of carbonyl (C=O) groups excluding carboxylic acids is 1. The number of halogens is 1. The number of hydrogen-bond acceptors (Lipinski definition) is 2. The van der Waals surface area contributed by atoms with Gasteiger partial charge in [0, 0.05) is 5.41 Å². The molecular weight excluding hydrogens is 296 g/mol. The van der Waals surface area contributed by atoms with Crippen molar-refractivity contribution in [2.75, 3.05) is 0 Å². The van der Waals surface area contributed by atoms with Crippen LogP contribution in [-0.4, -0.2) is 22.4 Å². The summed E-state index contributed by atoms with van der Waals surface area (Å²) in [5.41, 5.74) is 0.238. The third-order valence-corrected chi connectivity index (χ3v) is 8.71. The van der Waals surface area contributed by atoms with E-state index in [1.54, 1.807) is 0 Å². The number of Topliss-reactive ketones (excluding diaryl/α,β-unsaturated/α-hetero) is 1. The van der Waals surface area contributed by atoms with Gasteiger partial charge in [-0.1, -0.05) is 13.8 Å². The first-order valence-electron chi connectivity index (χ1n) is 9.23. The molecule has 0 aromatic rings. The van der Waals surface area contributed by atoms with Crippen LogP contribution in [0.3, 0.4) is 0 Å². The number of hydrogen-bond donors (Lipinski definition) is 1. The monoisotopic (exact) mass is 324 g/mol. The highest BCUT2D eigenvalue weighted by Gasteiger charge is 2.62. The van der Waals surface area contributed by atoms with Crippen molar-refractivity contribution in [2.24, 2.45) is 34.5 Å². The molecule has 0 radical (unpaired) electrons. The molecule has 22 heavy (non-hydrogen) atoms. The fraction of sp³-hybridized carbons (Fsp3) is 0.947. The lowest BCUT2D eigenvalue weighted by Crippen LogP contribution is -2.54. The van der Waals surface area contributed by atoms with Crippen molar-refractivity contribution in [1.29, 1.82) is 0 Å². The molecule has 8 atom stereocenters. The third kappa shape index (κ3) is 1.92. The zero-order chi connectivity index (χ0) is 15.7. The molecule has 4 fully saturated rings. The van der Waals surface area contributed by atoms with E-state index < -0.39 is 0 Å². The number of fused-ring (bicyclic) bond motifs is 5. The Morgan fingerprint density at radius 2 is 1.82 bits per heavy atom. The van der Waals surface area contributed by atoms with E-state index in [0.717, 1.165) is 31.6 Å². The lowest BCUT2D eigenvalue weighted by Gasteiger charge is -2.60.